The fraction of sp³-hybridized carbons (Fsp3) is 0.682. The Labute approximate surface area is 176 Å². The average molecular weight is 424 g/mol. The molecule has 1 saturated heterocycles. The Hall–Kier alpha value is -1.44. The number of hydrogen-bond acceptors (Lipinski definition) is 4. The van der Waals surface area contributed by atoms with Gasteiger partial charge in [-0.2, -0.15) is 4.72 Å². The van der Waals surface area contributed by atoms with E-state index in [1.807, 2.05) is 20.8 Å². The Morgan fingerprint density at radius 2 is 1.79 bits per heavy atom. The molecule has 1 fully saturated rings. The third kappa shape index (κ3) is 8.07. The van der Waals surface area contributed by atoms with E-state index in [1.165, 1.54) is 12.8 Å². The summed E-state index contributed by atoms with van der Waals surface area (Å²) in [7, 11) is -3.74. The lowest BCUT2D eigenvalue weighted by molar-refractivity contribution is -0.123. The largest absolute Gasteiger partial charge is 0.355 e. The monoisotopic (exact) mass is 423 g/mol. The van der Waals surface area contributed by atoms with Crippen LogP contribution in [0.25, 0.3) is 0 Å². The van der Waals surface area contributed by atoms with Crippen LogP contribution in [0.1, 0.15) is 52.0 Å². The molecule has 0 saturated carbocycles. The zero-order chi connectivity index (χ0) is 21.4. The van der Waals surface area contributed by atoms with E-state index in [2.05, 4.69) is 21.9 Å². The van der Waals surface area contributed by atoms with E-state index in [1.54, 1.807) is 24.3 Å². The molecule has 1 aromatic carbocycles. The van der Waals surface area contributed by atoms with Crippen LogP contribution in [-0.2, 0) is 14.8 Å². The lowest BCUT2D eigenvalue weighted by atomic mass is 9.99. The lowest BCUT2D eigenvalue weighted by Crippen LogP contribution is -2.47. The molecule has 1 unspecified atom stereocenters. The number of carbonyl (C=O) groups excluding carboxylic acids is 1. The SMILES string of the molecule is Cc1ccc(S(=O)(=O)NC(CC(C)C)C(=O)NCCCN2CCC(C)CC2)cc1. The van der Waals surface area contributed by atoms with Crippen LogP contribution in [0.15, 0.2) is 29.2 Å². The summed E-state index contributed by atoms with van der Waals surface area (Å²) in [5, 5.41) is 2.93. The van der Waals surface area contributed by atoms with Crippen molar-refractivity contribution in [1.82, 2.24) is 14.9 Å². The van der Waals surface area contributed by atoms with Crippen LogP contribution >= 0.6 is 0 Å². The molecule has 0 aliphatic carbocycles. The molecule has 6 nitrogen and oxygen atoms in total. The van der Waals surface area contributed by atoms with Gasteiger partial charge >= 0.3 is 0 Å². The van der Waals surface area contributed by atoms with Crippen molar-refractivity contribution in [1.29, 1.82) is 0 Å². The summed E-state index contributed by atoms with van der Waals surface area (Å²) in [6, 6.07) is 5.89. The van der Waals surface area contributed by atoms with Crippen LogP contribution in [0.4, 0.5) is 0 Å². The van der Waals surface area contributed by atoms with E-state index >= 15 is 0 Å². The van der Waals surface area contributed by atoms with Gasteiger partial charge in [-0.25, -0.2) is 8.42 Å². The van der Waals surface area contributed by atoms with Gasteiger partial charge in [0.15, 0.2) is 0 Å². The summed E-state index contributed by atoms with van der Waals surface area (Å²) in [6.07, 6.45) is 3.81. The standard InChI is InChI=1S/C22H37N3O3S/c1-17(2)16-21(24-29(27,28)20-8-6-18(3)7-9-20)22(26)23-12-5-13-25-14-10-19(4)11-15-25/h6-9,17,19,21,24H,5,10-16H2,1-4H3,(H,23,26). The van der Waals surface area contributed by atoms with Crippen LogP contribution in [-0.4, -0.2) is 51.4 Å². The molecule has 1 amide bonds. The first-order valence-corrected chi connectivity index (χ1v) is 12.2. The number of nitrogens with zero attached hydrogens (tertiary/aromatic N) is 1. The number of likely N-dealkylation sites (tertiary alicyclic amines) is 1. The van der Waals surface area contributed by atoms with Crippen molar-refractivity contribution in [3.63, 3.8) is 0 Å². The average Bonchev–Trinajstić information content (AvgIpc) is 2.65. The molecule has 0 bridgehead atoms. The minimum Gasteiger partial charge on any atom is -0.355 e. The summed E-state index contributed by atoms with van der Waals surface area (Å²) in [5.74, 6) is 0.757. The summed E-state index contributed by atoms with van der Waals surface area (Å²) in [5.41, 5.74) is 0.989. The molecule has 0 aromatic heterocycles. The molecule has 2 N–H and O–H groups in total. The predicted octanol–water partition coefficient (Wildman–Crippen LogP) is 2.93. The number of carbonyl (C=O) groups is 1. The first-order chi connectivity index (χ1) is 13.7. The van der Waals surface area contributed by atoms with Crippen LogP contribution in [0.5, 0.6) is 0 Å². The molecular weight excluding hydrogens is 386 g/mol. The van der Waals surface area contributed by atoms with E-state index in [0.717, 1.165) is 37.5 Å². The van der Waals surface area contributed by atoms with E-state index in [9.17, 15) is 13.2 Å². The predicted molar refractivity (Wildman–Crippen MR) is 117 cm³/mol. The number of sulfonamides is 1. The molecule has 1 heterocycles. The number of piperidine rings is 1. The Morgan fingerprint density at radius 3 is 2.38 bits per heavy atom. The highest BCUT2D eigenvalue weighted by atomic mass is 32.2. The van der Waals surface area contributed by atoms with E-state index in [-0.39, 0.29) is 16.7 Å². The Bertz CT molecular complexity index is 739. The minimum atomic E-state index is -3.74. The molecule has 29 heavy (non-hydrogen) atoms. The van der Waals surface area contributed by atoms with Gasteiger partial charge in [-0.15, -0.1) is 0 Å². The zero-order valence-electron chi connectivity index (χ0n) is 18.3. The third-order valence-corrected chi connectivity index (χ3v) is 6.97. The molecule has 7 heteroatoms. The van der Waals surface area contributed by atoms with Gasteiger partial charge < -0.3 is 10.2 Å². The van der Waals surface area contributed by atoms with Gasteiger partial charge in [-0.1, -0.05) is 38.5 Å². The van der Waals surface area contributed by atoms with E-state index < -0.39 is 16.1 Å². The van der Waals surface area contributed by atoms with Gasteiger partial charge in [0.25, 0.3) is 0 Å². The number of amides is 1. The van der Waals surface area contributed by atoms with Crippen LogP contribution in [0, 0.1) is 18.8 Å². The summed E-state index contributed by atoms with van der Waals surface area (Å²) >= 11 is 0. The highest BCUT2D eigenvalue weighted by Crippen LogP contribution is 2.16. The molecule has 2 rings (SSSR count). The topological polar surface area (TPSA) is 78.5 Å². The van der Waals surface area contributed by atoms with E-state index in [4.69, 9.17) is 0 Å². The zero-order valence-corrected chi connectivity index (χ0v) is 19.1. The van der Waals surface area contributed by atoms with Crippen LogP contribution < -0.4 is 10.0 Å². The van der Waals surface area contributed by atoms with Gasteiger partial charge in [-0.05, 0) is 76.2 Å². The molecule has 1 aliphatic heterocycles. The quantitative estimate of drug-likeness (QED) is 0.567. The smallest absolute Gasteiger partial charge is 0.241 e. The minimum absolute atomic E-state index is 0.184. The first kappa shape index (κ1) is 23.8. The highest BCUT2D eigenvalue weighted by molar-refractivity contribution is 7.89. The first-order valence-electron chi connectivity index (χ1n) is 10.8. The van der Waals surface area contributed by atoms with Gasteiger partial charge in [0.05, 0.1) is 4.90 Å². The lowest BCUT2D eigenvalue weighted by Gasteiger charge is -2.30. The molecule has 164 valence electrons. The fourth-order valence-electron chi connectivity index (χ4n) is 3.58. The maximum atomic E-state index is 12.7. The Kier molecular flexibility index (Phi) is 9.11. The maximum absolute atomic E-state index is 12.7. The second-order valence-electron chi connectivity index (χ2n) is 8.79. The Morgan fingerprint density at radius 1 is 1.17 bits per heavy atom. The van der Waals surface area contributed by atoms with Gasteiger partial charge in [0.1, 0.15) is 6.04 Å². The number of benzene rings is 1. The van der Waals surface area contributed by atoms with E-state index in [0.29, 0.717) is 13.0 Å². The molecule has 0 spiro atoms. The molecule has 1 aliphatic rings. The van der Waals surface area contributed by atoms with Crippen molar-refractivity contribution in [3.8, 4) is 0 Å². The van der Waals surface area contributed by atoms with Crippen LogP contribution in [0.2, 0.25) is 0 Å². The normalized spacial score (nSPS) is 17.4. The number of hydrogen-bond donors (Lipinski definition) is 2. The van der Waals surface area contributed by atoms with Crippen molar-refractivity contribution in [2.45, 2.75) is 64.3 Å². The Balaban J connectivity index is 1.87. The van der Waals surface area contributed by atoms with Crippen molar-refractivity contribution >= 4 is 15.9 Å². The molecule has 1 atom stereocenters. The van der Waals surface area contributed by atoms with Gasteiger partial charge in [0, 0.05) is 6.54 Å². The number of rotatable bonds is 10. The van der Waals surface area contributed by atoms with Crippen molar-refractivity contribution in [2.75, 3.05) is 26.2 Å². The van der Waals surface area contributed by atoms with Crippen LogP contribution in [0.3, 0.4) is 0 Å². The van der Waals surface area contributed by atoms with Gasteiger partial charge in [0.2, 0.25) is 15.9 Å². The second-order valence-corrected chi connectivity index (χ2v) is 10.5. The number of aryl methyl sites for hydroxylation is 1. The fourth-order valence-corrected chi connectivity index (χ4v) is 4.78. The van der Waals surface area contributed by atoms with Crippen molar-refractivity contribution < 1.29 is 13.2 Å². The second kappa shape index (κ2) is 11.1. The van der Waals surface area contributed by atoms with Crippen molar-refractivity contribution in [3.05, 3.63) is 29.8 Å². The summed E-state index contributed by atoms with van der Waals surface area (Å²) in [4.78, 5) is 15.3. The molecule has 1 aromatic rings. The molecule has 0 radical (unpaired) electrons. The summed E-state index contributed by atoms with van der Waals surface area (Å²) in [6.45, 7) is 12.0. The summed E-state index contributed by atoms with van der Waals surface area (Å²) < 4.78 is 28.0. The number of nitrogens with one attached hydrogen (secondary N) is 2. The maximum Gasteiger partial charge on any atom is 0.241 e. The highest BCUT2D eigenvalue weighted by Gasteiger charge is 2.26. The third-order valence-electron chi connectivity index (χ3n) is 5.48. The van der Waals surface area contributed by atoms with Crippen molar-refractivity contribution in [2.24, 2.45) is 11.8 Å². The molecular formula is C22H37N3O3S. The van der Waals surface area contributed by atoms with Gasteiger partial charge in [-0.3, -0.25) is 4.79 Å².